The molecule has 5 heteroatoms. The molecule has 1 fully saturated rings. The van der Waals surface area contributed by atoms with Crippen LogP contribution in [0.3, 0.4) is 0 Å². The summed E-state index contributed by atoms with van der Waals surface area (Å²) in [5.41, 5.74) is 2.29. The quantitative estimate of drug-likeness (QED) is 0.744. The Hall–Kier alpha value is -3.21. The van der Waals surface area contributed by atoms with Gasteiger partial charge in [0.15, 0.2) is 5.96 Å². The topological polar surface area (TPSA) is 36.4 Å². The van der Waals surface area contributed by atoms with E-state index in [4.69, 9.17) is 0 Å². The first kappa shape index (κ1) is 18.6. The molecule has 0 amide bonds. The SMILES string of the molecule is C=C/C=C\C(=C)[C@H]1NC(=NCc2ccc(F)cc2F)N[C@H]1c1ccccc1. The van der Waals surface area contributed by atoms with Crippen LogP contribution in [0.5, 0.6) is 0 Å². The Morgan fingerprint density at radius 1 is 1.11 bits per heavy atom. The molecule has 1 heterocycles. The van der Waals surface area contributed by atoms with E-state index in [2.05, 4.69) is 28.8 Å². The van der Waals surface area contributed by atoms with Gasteiger partial charge in [-0.1, -0.05) is 67.8 Å². The van der Waals surface area contributed by atoms with E-state index in [1.807, 2.05) is 42.5 Å². The summed E-state index contributed by atoms with van der Waals surface area (Å²) in [5.74, 6) is -0.659. The van der Waals surface area contributed by atoms with E-state index in [1.165, 1.54) is 12.1 Å². The number of hydrogen-bond acceptors (Lipinski definition) is 1. The first-order valence-electron chi connectivity index (χ1n) is 8.63. The van der Waals surface area contributed by atoms with Crippen LogP contribution in [-0.2, 0) is 6.54 Å². The molecule has 0 spiro atoms. The first-order valence-corrected chi connectivity index (χ1v) is 8.63. The molecule has 2 atom stereocenters. The molecule has 2 aromatic rings. The number of guanidine groups is 1. The summed E-state index contributed by atoms with van der Waals surface area (Å²) < 4.78 is 26.9. The molecule has 0 unspecified atom stereocenters. The van der Waals surface area contributed by atoms with Crippen LogP contribution in [0.25, 0.3) is 0 Å². The molecule has 3 rings (SSSR count). The minimum atomic E-state index is -0.605. The maximum Gasteiger partial charge on any atom is 0.192 e. The fraction of sp³-hybridized carbons (Fsp3) is 0.136. The summed E-state index contributed by atoms with van der Waals surface area (Å²) in [5, 5.41) is 6.64. The van der Waals surface area contributed by atoms with Gasteiger partial charge in [0.05, 0.1) is 18.6 Å². The normalized spacial score (nSPS) is 20.4. The van der Waals surface area contributed by atoms with E-state index in [-0.39, 0.29) is 18.6 Å². The monoisotopic (exact) mass is 365 g/mol. The van der Waals surface area contributed by atoms with Crippen molar-refractivity contribution in [2.24, 2.45) is 4.99 Å². The smallest absolute Gasteiger partial charge is 0.192 e. The maximum atomic E-state index is 13.8. The molecule has 0 radical (unpaired) electrons. The second-order valence-corrected chi connectivity index (χ2v) is 6.23. The lowest BCUT2D eigenvalue weighted by atomic mass is 9.95. The van der Waals surface area contributed by atoms with Gasteiger partial charge >= 0.3 is 0 Å². The van der Waals surface area contributed by atoms with Crippen LogP contribution >= 0.6 is 0 Å². The fourth-order valence-corrected chi connectivity index (χ4v) is 2.95. The minimum Gasteiger partial charge on any atom is -0.347 e. The summed E-state index contributed by atoms with van der Waals surface area (Å²) in [6.45, 7) is 7.91. The Kier molecular flexibility index (Phi) is 5.81. The highest BCUT2D eigenvalue weighted by molar-refractivity contribution is 5.84. The molecule has 27 heavy (non-hydrogen) atoms. The average Bonchev–Trinajstić information content (AvgIpc) is 3.10. The highest BCUT2D eigenvalue weighted by Crippen LogP contribution is 2.25. The number of rotatable bonds is 6. The second kappa shape index (κ2) is 8.45. The van der Waals surface area contributed by atoms with Gasteiger partial charge < -0.3 is 10.6 Å². The largest absolute Gasteiger partial charge is 0.347 e. The van der Waals surface area contributed by atoms with Crippen molar-refractivity contribution in [2.45, 2.75) is 18.6 Å². The van der Waals surface area contributed by atoms with Crippen LogP contribution in [-0.4, -0.2) is 12.0 Å². The molecule has 1 aliphatic heterocycles. The van der Waals surface area contributed by atoms with E-state index in [9.17, 15) is 8.78 Å². The second-order valence-electron chi connectivity index (χ2n) is 6.23. The standard InChI is InChI=1S/C22H21F2N3/c1-3-4-8-15(2)20-21(16-9-6-5-7-10-16)27-22(26-20)25-14-17-11-12-18(23)13-19(17)24/h3-13,20-21H,1-2,14H2,(H2,25,26,27)/b8-4-/t20-,21+/m1/s1. The number of nitrogens with one attached hydrogen (secondary N) is 2. The first-order chi connectivity index (χ1) is 13.1. The number of halogens is 2. The highest BCUT2D eigenvalue weighted by atomic mass is 19.1. The van der Waals surface area contributed by atoms with Gasteiger partial charge in [-0.05, 0) is 17.2 Å². The van der Waals surface area contributed by atoms with Crippen molar-refractivity contribution in [1.82, 2.24) is 10.6 Å². The van der Waals surface area contributed by atoms with E-state index in [1.54, 1.807) is 6.08 Å². The van der Waals surface area contributed by atoms with Crippen LogP contribution in [0.1, 0.15) is 17.2 Å². The van der Waals surface area contributed by atoms with Crippen molar-refractivity contribution in [3.8, 4) is 0 Å². The summed E-state index contributed by atoms with van der Waals surface area (Å²) in [6, 6.07) is 13.3. The third-order valence-corrected chi connectivity index (χ3v) is 4.34. The van der Waals surface area contributed by atoms with Gasteiger partial charge in [0.25, 0.3) is 0 Å². The van der Waals surface area contributed by atoms with Gasteiger partial charge in [-0.25, -0.2) is 13.8 Å². The Morgan fingerprint density at radius 2 is 1.89 bits per heavy atom. The molecular weight excluding hydrogens is 344 g/mol. The summed E-state index contributed by atoms with van der Waals surface area (Å²) in [6.07, 6.45) is 5.41. The molecule has 0 bridgehead atoms. The van der Waals surface area contributed by atoms with Crippen molar-refractivity contribution in [1.29, 1.82) is 0 Å². The van der Waals surface area contributed by atoms with Crippen molar-refractivity contribution in [2.75, 3.05) is 0 Å². The molecule has 3 nitrogen and oxygen atoms in total. The zero-order valence-electron chi connectivity index (χ0n) is 14.8. The molecule has 2 aromatic carbocycles. The van der Waals surface area contributed by atoms with Crippen molar-refractivity contribution >= 4 is 5.96 Å². The number of hydrogen-bond donors (Lipinski definition) is 2. The molecule has 1 aliphatic rings. The van der Waals surface area contributed by atoms with Crippen LogP contribution in [0.15, 0.2) is 90.5 Å². The van der Waals surface area contributed by atoms with Crippen molar-refractivity contribution in [3.05, 3.63) is 108 Å². The van der Waals surface area contributed by atoms with Gasteiger partial charge in [0.2, 0.25) is 0 Å². The van der Waals surface area contributed by atoms with Crippen LogP contribution in [0, 0.1) is 11.6 Å². The van der Waals surface area contributed by atoms with E-state index in [0.29, 0.717) is 11.5 Å². The lowest BCUT2D eigenvalue weighted by molar-refractivity contribution is 0.572. The number of benzene rings is 2. The van der Waals surface area contributed by atoms with Gasteiger partial charge in [-0.3, -0.25) is 0 Å². The molecule has 138 valence electrons. The molecule has 0 aliphatic carbocycles. The molecule has 2 N–H and O–H groups in total. The molecule has 1 saturated heterocycles. The van der Waals surface area contributed by atoms with Crippen LogP contribution < -0.4 is 10.6 Å². The number of allylic oxidation sites excluding steroid dienone is 2. The van der Waals surface area contributed by atoms with Crippen molar-refractivity contribution < 1.29 is 8.78 Å². The van der Waals surface area contributed by atoms with Gasteiger partial charge in [-0.15, -0.1) is 0 Å². The van der Waals surface area contributed by atoms with Gasteiger partial charge in [-0.2, -0.15) is 0 Å². The predicted molar refractivity (Wildman–Crippen MR) is 105 cm³/mol. The third-order valence-electron chi connectivity index (χ3n) is 4.34. The van der Waals surface area contributed by atoms with Gasteiger partial charge in [0.1, 0.15) is 11.6 Å². The maximum absolute atomic E-state index is 13.8. The van der Waals surface area contributed by atoms with Gasteiger partial charge in [0, 0.05) is 11.6 Å². The van der Waals surface area contributed by atoms with E-state index in [0.717, 1.165) is 17.2 Å². The zero-order valence-corrected chi connectivity index (χ0v) is 14.8. The number of nitrogens with zero attached hydrogens (tertiary/aromatic N) is 1. The zero-order chi connectivity index (χ0) is 19.2. The summed E-state index contributed by atoms with van der Waals surface area (Å²) in [4.78, 5) is 4.42. The minimum absolute atomic E-state index is 0.0648. The predicted octanol–water partition coefficient (Wildman–Crippen LogP) is 4.42. The van der Waals surface area contributed by atoms with E-state index >= 15 is 0 Å². The number of aliphatic imine (C=N–C) groups is 1. The van der Waals surface area contributed by atoms with Crippen LogP contribution in [0.4, 0.5) is 8.78 Å². The Morgan fingerprint density at radius 3 is 2.59 bits per heavy atom. The molecule has 0 aromatic heterocycles. The Balaban J connectivity index is 1.82. The lowest BCUT2D eigenvalue weighted by Gasteiger charge is -2.19. The fourth-order valence-electron chi connectivity index (χ4n) is 2.95. The summed E-state index contributed by atoms with van der Waals surface area (Å²) in [7, 11) is 0. The van der Waals surface area contributed by atoms with Crippen LogP contribution in [0.2, 0.25) is 0 Å². The average molecular weight is 365 g/mol. The van der Waals surface area contributed by atoms with Crippen molar-refractivity contribution in [3.63, 3.8) is 0 Å². The van der Waals surface area contributed by atoms with E-state index < -0.39 is 11.6 Å². The molecule has 0 saturated carbocycles. The Bertz CT molecular complexity index is 888. The third kappa shape index (κ3) is 4.50. The molecular formula is C22H21F2N3. The highest BCUT2D eigenvalue weighted by Gasteiger charge is 2.32. The Labute approximate surface area is 157 Å². The summed E-state index contributed by atoms with van der Waals surface area (Å²) >= 11 is 0. The lowest BCUT2D eigenvalue weighted by Crippen LogP contribution is -2.29.